The van der Waals surface area contributed by atoms with Gasteiger partial charge >= 0.3 is 5.97 Å². The summed E-state index contributed by atoms with van der Waals surface area (Å²) in [6.45, 7) is 2.54. The molecule has 0 saturated heterocycles. The van der Waals surface area contributed by atoms with Gasteiger partial charge in [-0.3, -0.25) is 9.59 Å². The van der Waals surface area contributed by atoms with Crippen LogP contribution in [-0.2, 0) is 16.1 Å². The molecule has 0 unspecified atom stereocenters. The van der Waals surface area contributed by atoms with E-state index in [1.807, 2.05) is 47.0 Å². The Hall–Kier alpha value is -3.85. The average molecular weight is 479 g/mol. The molecule has 3 aromatic carbocycles. The molecule has 0 aliphatic carbocycles. The van der Waals surface area contributed by atoms with Gasteiger partial charge in [0.15, 0.2) is 16.3 Å². The van der Waals surface area contributed by atoms with Crippen LogP contribution >= 0.6 is 11.3 Å². The van der Waals surface area contributed by atoms with Gasteiger partial charge in [-0.1, -0.05) is 35.6 Å². The number of methoxy groups -OCH3 is 1. The number of aryl methyl sites for hydroxylation is 1. The molecule has 0 atom stereocenters. The number of hydrogen-bond donors (Lipinski definition) is 0. The Labute approximate surface area is 199 Å². The fraction of sp³-hybridized carbons (Fsp3) is 0.240. The highest BCUT2D eigenvalue weighted by molar-refractivity contribution is 7.16. The van der Waals surface area contributed by atoms with Crippen LogP contribution in [-0.4, -0.2) is 37.0 Å². The van der Waals surface area contributed by atoms with E-state index in [-0.39, 0.29) is 19.2 Å². The fourth-order valence-corrected chi connectivity index (χ4v) is 4.96. The number of aromatic nitrogens is 1. The monoisotopic (exact) mass is 478 g/mol. The van der Waals surface area contributed by atoms with Gasteiger partial charge in [-0.2, -0.15) is 4.99 Å². The molecule has 4 aromatic rings. The van der Waals surface area contributed by atoms with Crippen molar-refractivity contribution in [2.75, 3.05) is 20.5 Å². The second-order valence-electron chi connectivity index (χ2n) is 7.58. The molecule has 0 N–H and O–H groups in total. The van der Waals surface area contributed by atoms with Crippen LogP contribution in [0, 0.1) is 0 Å². The molecule has 0 fully saturated rings. The molecule has 5 rings (SSSR count). The van der Waals surface area contributed by atoms with Gasteiger partial charge in [0.2, 0.25) is 6.79 Å². The minimum absolute atomic E-state index is 0.148. The number of amides is 1. The molecule has 2 heterocycles. The molecule has 1 aromatic heterocycles. The lowest BCUT2D eigenvalue weighted by Gasteiger charge is -2.08. The molecule has 174 valence electrons. The number of carbonyl (C=O) groups is 2. The van der Waals surface area contributed by atoms with Gasteiger partial charge in [-0.25, -0.2) is 0 Å². The summed E-state index contributed by atoms with van der Waals surface area (Å²) in [4.78, 5) is 30.2. The third kappa shape index (κ3) is 4.10. The number of rotatable bonds is 6. The van der Waals surface area contributed by atoms with Crippen molar-refractivity contribution in [2.45, 2.75) is 19.9 Å². The van der Waals surface area contributed by atoms with Crippen molar-refractivity contribution in [3.63, 3.8) is 0 Å². The highest BCUT2D eigenvalue weighted by Crippen LogP contribution is 2.37. The molecule has 9 heteroatoms. The topological polar surface area (TPSA) is 88.4 Å². The first-order chi connectivity index (χ1) is 16.6. The maximum absolute atomic E-state index is 13.3. The van der Waals surface area contributed by atoms with Crippen molar-refractivity contribution >= 4 is 44.2 Å². The first-order valence-electron chi connectivity index (χ1n) is 10.8. The van der Waals surface area contributed by atoms with Crippen molar-refractivity contribution in [2.24, 2.45) is 4.99 Å². The van der Waals surface area contributed by atoms with Crippen molar-refractivity contribution < 1.29 is 28.5 Å². The number of ether oxygens (including phenoxy) is 4. The van der Waals surface area contributed by atoms with Crippen LogP contribution in [0.4, 0.5) is 0 Å². The zero-order chi connectivity index (χ0) is 23.7. The zero-order valence-electron chi connectivity index (χ0n) is 18.7. The van der Waals surface area contributed by atoms with E-state index in [4.69, 9.17) is 18.9 Å². The number of hydrogen-bond acceptors (Lipinski definition) is 7. The molecule has 0 saturated carbocycles. The lowest BCUT2D eigenvalue weighted by molar-refractivity contribution is -0.143. The van der Waals surface area contributed by atoms with E-state index >= 15 is 0 Å². The summed E-state index contributed by atoms with van der Waals surface area (Å²) < 4.78 is 24.3. The minimum atomic E-state index is -0.431. The molecule has 34 heavy (non-hydrogen) atoms. The van der Waals surface area contributed by atoms with Crippen LogP contribution in [0.25, 0.3) is 21.0 Å². The number of thiazole rings is 1. The van der Waals surface area contributed by atoms with Crippen LogP contribution in [0.1, 0.15) is 23.7 Å². The van der Waals surface area contributed by atoms with Gasteiger partial charge in [0.25, 0.3) is 5.91 Å². The van der Waals surface area contributed by atoms with E-state index in [1.165, 1.54) is 18.4 Å². The predicted molar refractivity (Wildman–Crippen MR) is 128 cm³/mol. The molecular formula is C25H22N2O6S. The maximum atomic E-state index is 13.3. The molecular weight excluding hydrogens is 456 g/mol. The van der Waals surface area contributed by atoms with Crippen LogP contribution in [0.2, 0.25) is 0 Å². The molecule has 0 bridgehead atoms. The normalized spacial score (nSPS) is 12.9. The lowest BCUT2D eigenvalue weighted by atomic mass is 10.1. The maximum Gasteiger partial charge on any atom is 0.307 e. The molecule has 0 radical (unpaired) electrons. The summed E-state index contributed by atoms with van der Waals surface area (Å²) in [5.74, 6) is 0.958. The summed E-state index contributed by atoms with van der Waals surface area (Å²) in [5, 5.41) is 1.89. The van der Waals surface area contributed by atoms with Crippen LogP contribution in [0.5, 0.6) is 17.2 Å². The number of benzene rings is 3. The van der Waals surface area contributed by atoms with Crippen LogP contribution in [0.3, 0.4) is 0 Å². The van der Waals surface area contributed by atoms with Gasteiger partial charge in [0, 0.05) is 18.7 Å². The largest absolute Gasteiger partial charge is 0.496 e. The van der Waals surface area contributed by atoms with E-state index < -0.39 is 5.91 Å². The Bertz CT molecular complexity index is 1490. The Morgan fingerprint density at radius 2 is 1.82 bits per heavy atom. The van der Waals surface area contributed by atoms with E-state index in [0.29, 0.717) is 40.8 Å². The van der Waals surface area contributed by atoms with E-state index in [0.717, 1.165) is 21.0 Å². The highest BCUT2D eigenvalue weighted by atomic mass is 32.1. The van der Waals surface area contributed by atoms with Gasteiger partial charge in [0.1, 0.15) is 5.75 Å². The second-order valence-corrected chi connectivity index (χ2v) is 8.59. The number of nitrogens with zero attached hydrogens (tertiary/aromatic N) is 2. The Morgan fingerprint density at radius 1 is 1.09 bits per heavy atom. The van der Waals surface area contributed by atoms with Crippen molar-refractivity contribution in [1.82, 2.24) is 4.57 Å². The Balaban J connectivity index is 1.61. The van der Waals surface area contributed by atoms with Crippen molar-refractivity contribution in [1.29, 1.82) is 0 Å². The number of esters is 1. The lowest BCUT2D eigenvalue weighted by Crippen LogP contribution is -2.19. The third-order valence-electron chi connectivity index (χ3n) is 5.52. The number of carbonyl (C=O) groups excluding carboxylic acids is 2. The van der Waals surface area contributed by atoms with Gasteiger partial charge < -0.3 is 23.5 Å². The van der Waals surface area contributed by atoms with Gasteiger partial charge in [-0.05, 0) is 29.8 Å². The van der Waals surface area contributed by atoms with E-state index in [2.05, 4.69) is 4.99 Å². The molecule has 1 aliphatic rings. The predicted octanol–water partition coefficient (Wildman–Crippen LogP) is 4.29. The standard InChI is InChI=1S/C25H22N2O6S/c1-3-31-23(28)8-9-27-18-12-20-21(33-14-32-20)13-22(18)34-25(27)26-24(29)17-10-15-6-4-5-7-16(15)11-19(17)30-2/h4-7,10-13H,3,8-9,14H2,1-2H3. The minimum Gasteiger partial charge on any atom is -0.496 e. The highest BCUT2D eigenvalue weighted by Gasteiger charge is 2.19. The molecule has 8 nitrogen and oxygen atoms in total. The Kier molecular flexibility index (Phi) is 5.93. The van der Waals surface area contributed by atoms with E-state index in [9.17, 15) is 9.59 Å². The van der Waals surface area contributed by atoms with E-state index in [1.54, 1.807) is 13.0 Å². The zero-order valence-corrected chi connectivity index (χ0v) is 19.5. The third-order valence-corrected chi connectivity index (χ3v) is 6.56. The first-order valence-corrected chi connectivity index (χ1v) is 11.6. The summed E-state index contributed by atoms with van der Waals surface area (Å²) in [5.41, 5.74) is 1.17. The summed E-state index contributed by atoms with van der Waals surface area (Å²) in [6.07, 6.45) is 0.148. The SMILES string of the molecule is CCOC(=O)CCn1c(=NC(=O)c2cc3ccccc3cc2OC)sc2cc3c(cc21)OCO3. The number of fused-ring (bicyclic) bond motifs is 3. The van der Waals surface area contributed by atoms with Crippen LogP contribution in [0.15, 0.2) is 53.5 Å². The van der Waals surface area contributed by atoms with Crippen molar-refractivity contribution in [3.8, 4) is 17.2 Å². The summed E-state index contributed by atoms with van der Waals surface area (Å²) in [6, 6.07) is 15.1. The first kappa shape index (κ1) is 22.0. The molecule has 1 amide bonds. The Morgan fingerprint density at radius 3 is 2.56 bits per heavy atom. The smallest absolute Gasteiger partial charge is 0.307 e. The molecule has 1 aliphatic heterocycles. The molecule has 0 spiro atoms. The average Bonchev–Trinajstić information content (AvgIpc) is 3.43. The summed E-state index contributed by atoms with van der Waals surface area (Å²) in [7, 11) is 1.53. The fourth-order valence-electron chi connectivity index (χ4n) is 3.90. The summed E-state index contributed by atoms with van der Waals surface area (Å²) >= 11 is 1.34. The van der Waals surface area contributed by atoms with Gasteiger partial charge in [-0.15, -0.1) is 0 Å². The second kappa shape index (κ2) is 9.18. The van der Waals surface area contributed by atoms with Crippen LogP contribution < -0.4 is 19.0 Å². The quantitative estimate of drug-likeness (QED) is 0.384. The van der Waals surface area contributed by atoms with Gasteiger partial charge in [0.05, 0.1) is 35.9 Å². The van der Waals surface area contributed by atoms with Crippen molar-refractivity contribution in [3.05, 3.63) is 58.9 Å².